The van der Waals surface area contributed by atoms with Crippen LogP contribution in [0.25, 0.3) is 0 Å². The summed E-state index contributed by atoms with van der Waals surface area (Å²) >= 11 is 0. The molecule has 12 heavy (non-hydrogen) atoms. The molecule has 0 N–H and O–H groups in total. The summed E-state index contributed by atoms with van der Waals surface area (Å²) in [6, 6.07) is 0. The van der Waals surface area contributed by atoms with Gasteiger partial charge >= 0.3 is 0 Å². The summed E-state index contributed by atoms with van der Waals surface area (Å²) in [6.45, 7) is 6.17. The van der Waals surface area contributed by atoms with Crippen LogP contribution in [0.4, 0.5) is 0 Å². The number of allylic oxidation sites excluding steroid dienone is 2. The van der Waals surface area contributed by atoms with Gasteiger partial charge in [-0.3, -0.25) is 4.79 Å². The maximum atomic E-state index is 11.6. The Bertz CT molecular complexity index is 201. The summed E-state index contributed by atoms with van der Waals surface area (Å²) < 4.78 is 0. The van der Waals surface area contributed by atoms with E-state index in [1.54, 1.807) is 0 Å². The summed E-state index contributed by atoms with van der Waals surface area (Å²) in [4.78, 5) is 11.6. The van der Waals surface area contributed by atoms with E-state index in [1.807, 2.05) is 13.8 Å². The lowest BCUT2D eigenvalue weighted by atomic mass is 9.86. The van der Waals surface area contributed by atoms with E-state index in [2.05, 4.69) is 13.0 Å². The van der Waals surface area contributed by atoms with Crippen LogP contribution >= 0.6 is 0 Å². The molecule has 0 bridgehead atoms. The minimum absolute atomic E-state index is 0.168. The fourth-order valence-electron chi connectivity index (χ4n) is 1.67. The van der Waals surface area contributed by atoms with Crippen molar-refractivity contribution >= 4 is 5.78 Å². The number of hydrogen-bond donors (Lipinski definition) is 0. The molecule has 1 heteroatoms. The fraction of sp³-hybridized carbons (Fsp3) is 0.727. The van der Waals surface area contributed by atoms with E-state index in [4.69, 9.17) is 0 Å². The van der Waals surface area contributed by atoms with Crippen molar-refractivity contribution in [3.05, 3.63) is 11.6 Å². The van der Waals surface area contributed by atoms with Gasteiger partial charge in [-0.2, -0.15) is 0 Å². The van der Waals surface area contributed by atoms with E-state index >= 15 is 0 Å². The minimum atomic E-state index is 0.168. The summed E-state index contributed by atoms with van der Waals surface area (Å²) in [5.74, 6) is 1.22. The molecule has 0 aromatic rings. The van der Waals surface area contributed by atoms with Gasteiger partial charge in [0.2, 0.25) is 0 Å². The quantitative estimate of drug-likeness (QED) is 0.616. The number of ketones is 1. The van der Waals surface area contributed by atoms with Crippen LogP contribution < -0.4 is 0 Å². The van der Waals surface area contributed by atoms with Gasteiger partial charge in [-0.25, -0.2) is 0 Å². The first-order chi connectivity index (χ1) is 5.61. The molecule has 1 nitrogen and oxygen atoms in total. The molecule has 0 radical (unpaired) electrons. The molecule has 0 fully saturated rings. The topological polar surface area (TPSA) is 17.1 Å². The van der Waals surface area contributed by atoms with E-state index in [9.17, 15) is 4.79 Å². The highest BCUT2D eigenvalue weighted by atomic mass is 16.1. The van der Waals surface area contributed by atoms with Gasteiger partial charge in [-0.15, -0.1) is 0 Å². The highest BCUT2D eigenvalue weighted by Gasteiger charge is 2.18. The van der Waals surface area contributed by atoms with Crippen molar-refractivity contribution in [2.45, 2.75) is 40.0 Å². The Morgan fingerprint density at radius 3 is 2.75 bits per heavy atom. The van der Waals surface area contributed by atoms with Gasteiger partial charge in [-0.1, -0.05) is 26.8 Å². The molecule has 0 spiro atoms. The van der Waals surface area contributed by atoms with Gasteiger partial charge in [0.05, 0.1) is 0 Å². The third-order valence-corrected chi connectivity index (χ3v) is 2.46. The summed E-state index contributed by atoms with van der Waals surface area (Å²) in [5.41, 5.74) is 1.07. The molecule has 0 saturated heterocycles. The molecular weight excluding hydrogens is 148 g/mol. The predicted molar refractivity (Wildman–Crippen MR) is 50.9 cm³/mol. The van der Waals surface area contributed by atoms with Crippen LogP contribution in [0.3, 0.4) is 0 Å². The average molecular weight is 166 g/mol. The third-order valence-electron chi connectivity index (χ3n) is 2.46. The van der Waals surface area contributed by atoms with E-state index in [0.717, 1.165) is 18.4 Å². The van der Waals surface area contributed by atoms with Gasteiger partial charge in [0.25, 0.3) is 0 Å². The number of rotatable bonds is 2. The summed E-state index contributed by atoms with van der Waals surface area (Å²) in [7, 11) is 0. The Kier molecular flexibility index (Phi) is 3.07. The van der Waals surface area contributed by atoms with Gasteiger partial charge in [0, 0.05) is 5.92 Å². The van der Waals surface area contributed by atoms with Crippen LogP contribution in [0.2, 0.25) is 0 Å². The summed E-state index contributed by atoms with van der Waals surface area (Å²) in [5, 5.41) is 0. The Morgan fingerprint density at radius 2 is 2.25 bits per heavy atom. The Hall–Kier alpha value is -0.590. The Labute approximate surface area is 74.9 Å². The third kappa shape index (κ3) is 2.20. The first-order valence-corrected chi connectivity index (χ1v) is 4.84. The SMILES string of the molecule is CC1CCC=C(C(=O)C(C)C)C1. The number of Topliss-reactive ketones (excluding diaryl/α,β-unsaturated/α-hetero) is 1. The van der Waals surface area contributed by atoms with Crippen molar-refractivity contribution in [1.29, 1.82) is 0 Å². The van der Waals surface area contributed by atoms with Crippen molar-refractivity contribution in [2.75, 3.05) is 0 Å². The van der Waals surface area contributed by atoms with Gasteiger partial charge in [0.1, 0.15) is 0 Å². The molecule has 0 aliphatic heterocycles. The minimum Gasteiger partial charge on any atom is -0.294 e. The van der Waals surface area contributed by atoms with E-state index in [-0.39, 0.29) is 5.92 Å². The zero-order chi connectivity index (χ0) is 9.14. The van der Waals surface area contributed by atoms with Crippen LogP contribution in [0.5, 0.6) is 0 Å². The van der Waals surface area contributed by atoms with Crippen molar-refractivity contribution < 1.29 is 4.79 Å². The largest absolute Gasteiger partial charge is 0.294 e. The Balaban J connectivity index is 2.62. The fourth-order valence-corrected chi connectivity index (χ4v) is 1.67. The van der Waals surface area contributed by atoms with Crippen LogP contribution in [-0.4, -0.2) is 5.78 Å². The normalized spacial score (nSPS) is 24.0. The van der Waals surface area contributed by atoms with Crippen LogP contribution in [0.1, 0.15) is 40.0 Å². The van der Waals surface area contributed by atoms with E-state index in [1.165, 1.54) is 6.42 Å². The predicted octanol–water partition coefficient (Wildman–Crippen LogP) is 2.96. The number of carbonyl (C=O) groups excluding carboxylic acids is 1. The Morgan fingerprint density at radius 1 is 1.58 bits per heavy atom. The molecule has 0 aromatic carbocycles. The van der Waals surface area contributed by atoms with E-state index < -0.39 is 0 Å². The highest BCUT2D eigenvalue weighted by Crippen LogP contribution is 2.25. The zero-order valence-electron chi connectivity index (χ0n) is 8.26. The maximum absolute atomic E-state index is 11.6. The molecule has 1 rings (SSSR count). The van der Waals surface area contributed by atoms with Gasteiger partial charge < -0.3 is 0 Å². The van der Waals surface area contributed by atoms with Crippen molar-refractivity contribution in [1.82, 2.24) is 0 Å². The standard InChI is InChI=1S/C11H18O/c1-8(2)11(12)10-6-4-5-9(3)7-10/h6,8-9H,4-5,7H2,1-3H3. The first kappa shape index (κ1) is 9.50. The second-order valence-electron chi connectivity index (χ2n) is 4.13. The van der Waals surface area contributed by atoms with Gasteiger partial charge in [-0.05, 0) is 30.8 Å². The molecule has 68 valence electrons. The molecule has 0 amide bonds. The number of carbonyl (C=O) groups is 1. The first-order valence-electron chi connectivity index (χ1n) is 4.84. The lowest BCUT2D eigenvalue weighted by Crippen LogP contribution is -2.15. The molecule has 1 aliphatic rings. The maximum Gasteiger partial charge on any atom is 0.161 e. The zero-order valence-corrected chi connectivity index (χ0v) is 8.26. The summed E-state index contributed by atoms with van der Waals surface area (Å²) in [6.07, 6.45) is 5.46. The molecule has 0 heterocycles. The molecule has 1 atom stereocenters. The molecule has 1 unspecified atom stereocenters. The van der Waals surface area contributed by atoms with Crippen molar-refractivity contribution in [3.8, 4) is 0 Å². The molecular formula is C11H18O. The van der Waals surface area contributed by atoms with Gasteiger partial charge in [0.15, 0.2) is 5.78 Å². The lowest BCUT2D eigenvalue weighted by molar-refractivity contribution is -0.118. The lowest BCUT2D eigenvalue weighted by Gasteiger charge is -2.19. The average Bonchev–Trinajstić information content (AvgIpc) is 2.03. The van der Waals surface area contributed by atoms with E-state index in [0.29, 0.717) is 11.7 Å². The smallest absolute Gasteiger partial charge is 0.161 e. The molecule has 0 saturated carbocycles. The number of hydrogen-bond acceptors (Lipinski definition) is 1. The molecule has 0 aromatic heterocycles. The second kappa shape index (κ2) is 3.88. The van der Waals surface area contributed by atoms with Crippen LogP contribution in [0, 0.1) is 11.8 Å². The monoisotopic (exact) mass is 166 g/mol. The second-order valence-corrected chi connectivity index (χ2v) is 4.13. The van der Waals surface area contributed by atoms with Crippen molar-refractivity contribution in [2.24, 2.45) is 11.8 Å². The van der Waals surface area contributed by atoms with Crippen LogP contribution in [-0.2, 0) is 4.79 Å². The highest BCUT2D eigenvalue weighted by molar-refractivity contribution is 5.96. The van der Waals surface area contributed by atoms with Crippen LogP contribution in [0.15, 0.2) is 11.6 Å². The van der Waals surface area contributed by atoms with Crippen molar-refractivity contribution in [3.63, 3.8) is 0 Å². The molecule has 1 aliphatic carbocycles.